The number of hydrogen-bond acceptors (Lipinski definition) is 3. The summed E-state index contributed by atoms with van der Waals surface area (Å²) in [6, 6.07) is 17.0. The molecule has 0 fully saturated rings. The highest BCUT2D eigenvalue weighted by molar-refractivity contribution is 8.19. The molecular weight excluding hydrogens is 284 g/mol. The number of aryl methyl sites for hydroxylation is 1. The molecule has 0 unspecified atom stereocenters. The predicted molar refractivity (Wildman–Crippen MR) is 87.6 cm³/mol. The lowest BCUT2D eigenvalue weighted by atomic mass is 9.84. The lowest BCUT2D eigenvalue weighted by Crippen LogP contribution is -2.35. The number of benzene rings is 2. The molecule has 0 saturated carbocycles. The third-order valence-corrected chi connectivity index (χ3v) is 7.24. The van der Waals surface area contributed by atoms with E-state index < -0.39 is 0 Å². The van der Waals surface area contributed by atoms with Gasteiger partial charge in [-0.1, -0.05) is 48.9 Å². The highest BCUT2D eigenvalue weighted by Crippen LogP contribution is 2.54. The summed E-state index contributed by atoms with van der Waals surface area (Å²) >= 11 is 3.74. The molecule has 0 radical (unpaired) electrons. The van der Waals surface area contributed by atoms with E-state index in [4.69, 9.17) is 0 Å². The van der Waals surface area contributed by atoms with Crippen molar-refractivity contribution in [3.63, 3.8) is 0 Å². The van der Waals surface area contributed by atoms with Gasteiger partial charge in [0, 0.05) is 15.2 Å². The lowest BCUT2D eigenvalue weighted by Gasteiger charge is -2.33. The van der Waals surface area contributed by atoms with E-state index in [0.29, 0.717) is 4.58 Å². The van der Waals surface area contributed by atoms with E-state index in [9.17, 15) is 5.11 Å². The molecule has 104 valence electrons. The SMILES string of the molecule is Cc1cccc([C@](C)(CO)C2Sc3ccccc3S2)c1. The second kappa shape index (κ2) is 5.47. The van der Waals surface area contributed by atoms with Gasteiger partial charge in [0.2, 0.25) is 0 Å². The Morgan fingerprint density at radius 3 is 2.25 bits per heavy atom. The molecule has 2 aromatic rings. The molecule has 3 heteroatoms. The number of thioether (sulfide) groups is 2. The molecule has 0 amide bonds. The van der Waals surface area contributed by atoms with Crippen LogP contribution in [0.25, 0.3) is 0 Å². The number of aliphatic hydroxyl groups is 1. The van der Waals surface area contributed by atoms with Crippen molar-refractivity contribution in [1.29, 1.82) is 0 Å². The van der Waals surface area contributed by atoms with E-state index in [1.807, 2.05) is 23.5 Å². The fraction of sp³-hybridized carbons (Fsp3) is 0.294. The summed E-state index contributed by atoms with van der Waals surface area (Å²) < 4.78 is 0.312. The van der Waals surface area contributed by atoms with Crippen molar-refractivity contribution in [3.05, 3.63) is 59.7 Å². The molecule has 0 aromatic heterocycles. The van der Waals surface area contributed by atoms with Gasteiger partial charge in [0.1, 0.15) is 0 Å². The van der Waals surface area contributed by atoms with E-state index in [-0.39, 0.29) is 12.0 Å². The minimum atomic E-state index is -0.236. The Bertz CT molecular complexity index is 601. The lowest BCUT2D eigenvalue weighted by molar-refractivity contribution is 0.217. The van der Waals surface area contributed by atoms with Crippen LogP contribution in [-0.2, 0) is 5.41 Å². The van der Waals surface area contributed by atoms with Gasteiger partial charge in [0.05, 0.1) is 11.2 Å². The molecule has 1 nitrogen and oxygen atoms in total. The Morgan fingerprint density at radius 1 is 1.05 bits per heavy atom. The summed E-state index contributed by atoms with van der Waals surface area (Å²) in [4.78, 5) is 2.66. The Hall–Kier alpha value is -0.900. The fourth-order valence-electron chi connectivity index (χ4n) is 2.46. The van der Waals surface area contributed by atoms with Gasteiger partial charge in [-0.15, -0.1) is 23.5 Å². The second-order valence-corrected chi connectivity index (χ2v) is 8.05. The monoisotopic (exact) mass is 302 g/mol. The normalized spacial score (nSPS) is 17.8. The van der Waals surface area contributed by atoms with Crippen LogP contribution in [0, 0.1) is 6.92 Å². The van der Waals surface area contributed by atoms with Gasteiger partial charge in [-0.2, -0.15) is 0 Å². The largest absolute Gasteiger partial charge is 0.395 e. The Morgan fingerprint density at radius 2 is 1.70 bits per heavy atom. The zero-order valence-electron chi connectivity index (χ0n) is 11.7. The summed E-state index contributed by atoms with van der Waals surface area (Å²) in [5, 5.41) is 10.0. The van der Waals surface area contributed by atoms with Gasteiger partial charge in [-0.3, -0.25) is 0 Å². The van der Waals surface area contributed by atoms with Crippen LogP contribution in [0.15, 0.2) is 58.3 Å². The molecule has 3 rings (SSSR count). The fourth-order valence-corrected chi connectivity index (χ4v) is 5.65. The summed E-state index contributed by atoms with van der Waals surface area (Å²) in [5.74, 6) is 0. The van der Waals surface area contributed by atoms with Crippen LogP contribution in [-0.4, -0.2) is 16.3 Å². The van der Waals surface area contributed by atoms with Gasteiger partial charge in [0.25, 0.3) is 0 Å². The summed E-state index contributed by atoms with van der Waals surface area (Å²) in [7, 11) is 0. The van der Waals surface area contributed by atoms with E-state index in [2.05, 4.69) is 62.4 Å². The van der Waals surface area contributed by atoms with Gasteiger partial charge in [-0.25, -0.2) is 0 Å². The Kier molecular flexibility index (Phi) is 3.85. The molecule has 1 atom stereocenters. The minimum absolute atomic E-state index is 0.162. The molecule has 0 spiro atoms. The van der Waals surface area contributed by atoms with Crippen LogP contribution in [0.1, 0.15) is 18.1 Å². The van der Waals surface area contributed by atoms with Crippen molar-refractivity contribution in [1.82, 2.24) is 0 Å². The topological polar surface area (TPSA) is 20.2 Å². The molecule has 0 saturated heterocycles. The first-order chi connectivity index (χ1) is 9.63. The van der Waals surface area contributed by atoms with Gasteiger partial charge >= 0.3 is 0 Å². The maximum atomic E-state index is 10.0. The van der Waals surface area contributed by atoms with E-state index >= 15 is 0 Å². The third-order valence-electron chi connectivity index (χ3n) is 3.84. The van der Waals surface area contributed by atoms with Gasteiger partial charge in [-0.05, 0) is 24.6 Å². The smallest absolute Gasteiger partial charge is 0.0713 e. The van der Waals surface area contributed by atoms with Gasteiger partial charge in [0.15, 0.2) is 0 Å². The molecule has 20 heavy (non-hydrogen) atoms. The van der Waals surface area contributed by atoms with Crippen LogP contribution in [0.3, 0.4) is 0 Å². The van der Waals surface area contributed by atoms with Crippen LogP contribution in [0.2, 0.25) is 0 Å². The minimum Gasteiger partial charge on any atom is -0.395 e. The highest BCUT2D eigenvalue weighted by atomic mass is 32.2. The summed E-state index contributed by atoms with van der Waals surface area (Å²) in [6.07, 6.45) is 0. The van der Waals surface area contributed by atoms with E-state index in [1.165, 1.54) is 20.9 Å². The molecule has 1 N–H and O–H groups in total. The Labute approximate surface area is 128 Å². The Balaban J connectivity index is 1.95. The standard InChI is InChI=1S/C17H18OS2/c1-12-6-5-7-13(10-12)17(2,11-18)16-19-14-8-3-4-9-15(14)20-16/h3-10,16,18H,11H2,1-2H3/t17-/m0/s1. The predicted octanol–water partition coefficient (Wildman–Crippen LogP) is 4.47. The van der Waals surface area contributed by atoms with Crippen molar-refractivity contribution >= 4 is 23.5 Å². The highest BCUT2D eigenvalue weighted by Gasteiger charge is 2.40. The number of rotatable bonds is 3. The molecule has 1 aliphatic rings. The number of aliphatic hydroxyl groups excluding tert-OH is 1. The van der Waals surface area contributed by atoms with E-state index in [0.717, 1.165) is 0 Å². The average Bonchev–Trinajstić information content (AvgIpc) is 2.91. The van der Waals surface area contributed by atoms with Crippen molar-refractivity contribution in [2.75, 3.05) is 6.61 Å². The molecule has 0 aliphatic carbocycles. The first-order valence-electron chi connectivity index (χ1n) is 6.74. The van der Waals surface area contributed by atoms with Crippen molar-refractivity contribution in [2.45, 2.75) is 33.6 Å². The van der Waals surface area contributed by atoms with Crippen molar-refractivity contribution in [2.24, 2.45) is 0 Å². The van der Waals surface area contributed by atoms with E-state index in [1.54, 1.807) is 0 Å². The average molecular weight is 302 g/mol. The number of fused-ring (bicyclic) bond motifs is 1. The maximum Gasteiger partial charge on any atom is 0.0713 e. The molecule has 1 aliphatic heterocycles. The second-order valence-electron chi connectivity index (χ2n) is 5.46. The zero-order chi connectivity index (χ0) is 14.2. The quantitative estimate of drug-likeness (QED) is 0.903. The molecule has 0 bridgehead atoms. The molecular formula is C17H18OS2. The first-order valence-corrected chi connectivity index (χ1v) is 8.50. The van der Waals surface area contributed by atoms with Crippen molar-refractivity contribution in [3.8, 4) is 0 Å². The molecule has 2 aromatic carbocycles. The van der Waals surface area contributed by atoms with Crippen LogP contribution < -0.4 is 0 Å². The zero-order valence-corrected chi connectivity index (χ0v) is 13.3. The number of hydrogen-bond donors (Lipinski definition) is 1. The summed E-state index contributed by atoms with van der Waals surface area (Å²) in [5.41, 5.74) is 2.23. The van der Waals surface area contributed by atoms with Gasteiger partial charge < -0.3 is 5.11 Å². The summed E-state index contributed by atoms with van der Waals surface area (Å²) in [6.45, 7) is 4.43. The van der Waals surface area contributed by atoms with Crippen LogP contribution >= 0.6 is 23.5 Å². The van der Waals surface area contributed by atoms with Crippen LogP contribution in [0.4, 0.5) is 0 Å². The third kappa shape index (κ3) is 2.39. The molecule has 1 heterocycles. The van der Waals surface area contributed by atoms with Crippen LogP contribution in [0.5, 0.6) is 0 Å². The first kappa shape index (κ1) is 14.1. The van der Waals surface area contributed by atoms with Crippen molar-refractivity contribution < 1.29 is 5.11 Å². The maximum absolute atomic E-state index is 10.0.